The summed E-state index contributed by atoms with van der Waals surface area (Å²) in [5.74, 6) is 0.647. The van der Waals surface area contributed by atoms with Crippen molar-refractivity contribution >= 4 is 11.7 Å². The highest BCUT2D eigenvalue weighted by atomic mass is 16.2. The van der Waals surface area contributed by atoms with Crippen LogP contribution in [-0.4, -0.2) is 17.4 Å². The monoisotopic (exact) mass is 205 g/mol. The van der Waals surface area contributed by atoms with Gasteiger partial charge in [-0.1, -0.05) is 6.07 Å². The smallest absolute Gasteiger partial charge is 0.233 e. The highest BCUT2D eigenvalue weighted by Crippen LogP contribution is 2.45. The van der Waals surface area contributed by atoms with Gasteiger partial charge in [0.05, 0.1) is 5.41 Å². The Morgan fingerprint density at radius 2 is 2.40 bits per heavy atom. The number of rotatable bonds is 3. The van der Waals surface area contributed by atoms with Crippen LogP contribution in [0.5, 0.6) is 0 Å². The fourth-order valence-electron chi connectivity index (χ4n) is 1.53. The van der Waals surface area contributed by atoms with Crippen molar-refractivity contribution in [2.24, 2.45) is 11.1 Å². The molecule has 1 aromatic rings. The van der Waals surface area contributed by atoms with E-state index in [-0.39, 0.29) is 11.3 Å². The zero-order valence-electron chi connectivity index (χ0n) is 8.79. The molecule has 0 atom stereocenters. The predicted molar refractivity (Wildman–Crippen MR) is 58.3 cm³/mol. The second-order valence-electron chi connectivity index (χ2n) is 4.11. The molecule has 0 unspecified atom stereocenters. The fraction of sp³-hybridized carbons (Fsp3) is 0.455. The summed E-state index contributed by atoms with van der Waals surface area (Å²) >= 11 is 0. The molecule has 0 saturated heterocycles. The third-order valence-corrected chi connectivity index (χ3v) is 2.97. The van der Waals surface area contributed by atoms with Crippen LogP contribution in [0.4, 0.5) is 5.82 Å². The van der Waals surface area contributed by atoms with Gasteiger partial charge >= 0.3 is 0 Å². The zero-order valence-corrected chi connectivity index (χ0v) is 8.79. The molecule has 4 nitrogen and oxygen atoms in total. The minimum absolute atomic E-state index is 0.00630. The van der Waals surface area contributed by atoms with Crippen molar-refractivity contribution in [3.05, 3.63) is 23.9 Å². The molecule has 1 fully saturated rings. The maximum absolute atomic E-state index is 11.8. The summed E-state index contributed by atoms with van der Waals surface area (Å²) < 4.78 is 0. The Bertz CT molecular complexity index is 385. The van der Waals surface area contributed by atoms with E-state index in [1.165, 1.54) is 0 Å². The lowest BCUT2D eigenvalue weighted by atomic mass is 10.1. The highest BCUT2D eigenvalue weighted by molar-refractivity contribution is 5.97. The van der Waals surface area contributed by atoms with E-state index in [0.717, 1.165) is 18.4 Å². The van der Waals surface area contributed by atoms with Gasteiger partial charge in [-0.25, -0.2) is 4.98 Å². The van der Waals surface area contributed by atoms with Gasteiger partial charge in [-0.15, -0.1) is 0 Å². The van der Waals surface area contributed by atoms with Crippen molar-refractivity contribution in [3.8, 4) is 0 Å². The summed E-state index contributed by atoms with van der Waals surface area (Å²) in [6.45, 7) is 2.34. The van der Waals surface area contributed by atoms with Gasteiger partial charge in [0, 0.05) is 12.7 Å². The molecule has 0 aliphatic heterocycles. The lowest BCUT2D eigenvalue weighted by Crippen LogP contribution is -2.31. The van der Waals surface area contributed by atoms with Crippen LogP contribution >= 0.6 is 0 Å². The Labute approximate surface area is 88.9 Å². The Morgan fingerprint density at radius 3 is 2.93 bits per heavy atom. The van der Waals surface area contributed by atoms with E-state index >= 15 is 0 Å². The summed E-state index contributed by atoms with van der Waals surface area (Å²) in [4.78, 5) is 16.0. The molecule has 1 aromatic heterocycles. The first-order chi connectivity index (χ1) is 7.18. The number of aryl methyl sites for hydroxylation is 1. The molecule has 0 bridgehead atoms. The number of nitrogens with one attached hydrogen (secondary N) is 1. The predicted octanol–water partition coefficient (Wildman–Crippen LogP) is 1.07. The Balaban J connectivity index is 2.10. The number of nitrogens with two attached hydrogens (primary N) is 1. The van der Waals surface area contributed by atoms with Crippen LogP contribution in [0.15, 0.2) is 18.3 Å². The molecule has 3 N–H and O–H groups in total. The Morgan fingerprint density at radius 1 is 1.67 bits per heavy atom. The van der Waals surface area contributed by atoms with Crippen LogP contribution in [0.3, 0.4) is 0 Å². The number of pyridine rings is 1. The van der Waals surface area contributed by atoms with E-state index in [0.29, 0.717) is 12.4 Å². The van der Waals surface area contributed by atoms with Gasteiger partial charge in [0.1, 0.15) is 5.82 Å². The van der Waals surface area contributed by atoms with E-state index in [1.54, 1.807) is 6.20 Å². The van der Waals surface area contributed by atoms with Crippen molar-refractivity contribution in [2.75, 3.05) is 11.9 Å². The van der Waals surface area contributed by atoms with Gasteiger partial charge in [-0.05, 0) is 31.4 Å². The van der Waals surface area contributed by atoms with E-state index in [4.69, 9.17) is 5.73 Å². The topological polar surface area (TPSA) is 68.0 Å². The molecule has 4 heteroatoms. The number of hydrogen-bond acceptors (Lipinski definition) is 3. The number of anilines is 1. The average molecular weight is 205 g/mol. The molecular weight excluding hydrogens is 190 g/mol. The maximum Gasteiger partial charge on any atom is 0.233 e. The van der Waals surface area contributed by atoms with E-state index in [2.05, 4.69) is 10.3 Å². The third kappa shape index (κ3) is 1.85. The lowest BCUT2D eigenvalue weighted by molar-refractivity contribution is -0.120. The molecule has 80 valence electrons. The molecule has 2 rings (SSSR count). The number of carbonyl (C=O) groups excluding carboxylic acids is 1. The highest BCUT2D eigenvalue weighted by Gasteiger charge is 2.48. The minimum atomic E-state index is -0.316. The van der Waals surface area contributed by atoms with Gasteiger partial charge in [0.25, 0.3) is 0 Å². The first kappa shape index (κ1) is 10.1. The molecule has 1 heterocycles. The maximum atomic E-state index is 11.8. The van der Waals surface area contributed by atoms with E-state index in [1.807, 2.05) is 19.1 Å². The van der Waals surface area contributed by atoms with Crippen molar-refractivity contribution < 1.29 is 4.79 Å². The summed E-state index contributed by atoms with van der Waals surface area (Å²) in [6.07, 6.45) is 3.45. The van der Waals surface area contributed by atoms with Crippen LogP contribution in [0.2, 0.25) is 0 Å². The van der Waals surface area contributed by atoms with Crippen molar-refractivity contribution in [1.82, 2.24) is 4.98 Å². The Hall–Kier alpha value is -1.42. The van der Waals surface area contributed by atoms with Gasteiger partial charge < -0.3 is 11.1 Å². The number of nitrogens with zero attached hydrogens (tertiary/aromatic N) is 1. The van der Waals surface area contributed by atoms with E-state index < -0.39 is 0 Å². The number of aromatic nitrogens is 1. The van der Waals surface area contributed by atoms with Crippen LogP contribution in [-0.2, 0) is 4.79 Å². The second-order valence-corrected chi connectivity index (χ2v) is 4.11. The second kappa shape index (κ2) is 3.62. The first-order valence-electron chi connectivity index (χ1n) is 5.11. The lowest BCUT2D eigenvalue weighted by Gasteiger charge is -2.13. The molecule has 1 aliphatic rings. The number of hydrogen-bond donors (Lipinski definition) is 2. The van der Waals surface area contributed by atoms with Gasteiger partial charge in [-0.2, -0.15) is 0 Å². The van der Waals surface area contributed by atoms with Crippen LogP contribution < -0.4 is 11.1 Å². The molecule has 0 aromatic carbocycles. The summed E-state index contributed by atoms with van der Waals surface area (Å²) in [7, 11) is 0. The van der Waals surface area contributed by atoms with Gasteiger partial charge in [-0.3, -0.25) is 4.79 Å². The normalized spacial score (nSPS) is 17.2. The molecule has 0 spiro atoms. The quantitative estimate of drug-likeness (QED) is 0.775. The summed E-state index contributed by atoms with van der Waals surface area (Å²) in [5, 5.41) is 2.83. The Kier molecular flexibility index (Phi) is 2.44. The third-order valence-electron chi connectivity index (χ3n) is 2.97. The van der Waals surface area contributed by atoms with Gasteiger partial charge in [0.15, 0.2) is 0 Å². The first-order valence-corrected chi connectivity index (χ1v) is 5.11. The molecule has 1 amide bonds. The van der Waals surface area contributed by atoms with Crippen LogP contribution in [0.25, 0.3) is 0 Å². The van der Waals surface area contributed by atoms with Crippen LogP contribution in [0, 0.1) is 12.3 Å². The largest absolute Gasteiger partial charge is 0.329 e. The summed E-state index contributed by atoms with van der Waals surface area (Å²) in [6, 6.07) is 3.77. The molecule has 15 heavy (non-hydrogen) atoms. The van der Waals surface area contributed by atoms with E-state index in [9.17, 15) is 4.79 Å². The van der Waals surface area contributed by atoms with Crippen LogP contribution in [0.1, 0.15) is 18.4 Å². The minimum Gasteiger partial charge on any atom is -0.329 e. The van der Waals surface area contributed by atoms with Gasteiger partial charge in [0.2, 0.25) is 5.91 Å². The number of carbonyl (C=O) groups is 1. The van der Waals surface area contributed by atoms with Crippen molar-refractivity contribution in [1.29, 1.82) is 0 Å². The molecule has 0 radical (unpaired) electrons. The number of amides is 1. The fourth-order valence-corrected chi connectivity index (χ4v) is 1.53. The molecule has 1 aliphatic carbocycles. The zero-order chi connectivity index (χ0) is 10.9. The molecule has 1 saturated carbocycles. The summed E-state index contributed by atoms with van der Waals surface area (Å²) in [5.41, 5.74) is 6.24. The average Bonchev–Trinajstić information content (AvgIpc) is 3.02. The SMILES string of the molecule is Cc1cccnc1NC(=O)C1(CN)CC1. The standard InChI is InChI=1S/C11H15N3O/c1-8-3-2-6-13-9(8)14-10(15)11(7-12)4-5-11/h2-3,6H,4-5,7,12H2,1H3,(H,13,14,15). The molecular formula is C11H15N3O. The van der Waals surface area contributed by atoms with Crippen molar-refractivity contribution in [2.45, 2.75) is 19.8 Å². The van der Waals surface area contributed by atoms with Crippen molar-refractivity contribution in [3.63, 3.8) is 0 Å².